The van der Waals surface area contributed by atoms with E-state index in [-0.39, 0.29) is 18.0 Å². The summed E-state index contributed by atoms with van der Waals surface area (Å²) >= 11 is 0. The number of methoxy groups -OCH3 is 4. The molecule has 0 saturated carbocycles. The molecule has 6 nitrogen and oxygen atoms in total. The van der Waals surface area contributed by atoms with E-state index in [1.165, 1.54) is 12.2 Å². The molecule has 0 aromatic heterocycles. The van der Waals surface area contributed by atoms with Gasteiger partial charge in [-0.3, -0.25) is 9.59 Å². The van der Waals surface area contributed by atoms with Crippen LogP contribution in [-0.4, -0.2) is 40.0 Å². The van der Waals surface area contributed by atoms with Gasteiger partial charge in [0.05, 0.1) is 34.4 Å². The molecule has 0 unspecified atom stereocenters. The van der Waals surface area contributed by atoms with Crippen LogP contribution < -0.4 is 18.9 Å². The fraction of sp³-hybridized carbons (Fsp3) is 0.188. The highest BCUT2D eigenvalue weighted by molar-refractivity contribution is 6.13. The van der Waals surface area contributed by atoms with Crippen LogP contribution in [0.5, 0.6) is 23.0 Å². The molecule has 0 spiro atoms. The Morgan fingerprint density at radius 1 is 0.605 bits per heavy atom. The van der Waals surface area contributed by atoms with Gasteiger partial charge >= 0.3 is 0 Å². The topological polar surface area (TPSA) is 71.1 Å². The van der Waals surface area contributed by atoms with Crippen LogP contribution in [0.3, 0.4) is 0 Å². The second-order valence-corrected chi connectivity index (χ2v) is 8.30. The first-order valence-corrected chi connectivity index (χ1v) is 12.1. The molecule has 3 rings (SSSR count). The van der Waals surface area contributed by atoms with Gasteiger partial charge in [-0.15, -0.1) is 0 Å². The molecule has 6 heteroatoms. The van der Waals surface area contributed by atoms with Crippen molar-refractivity contribution in [1.29, 1.82) is 0 Å². The van der Waals surface area contributed by atoms with E-state index in [0.717, 1.165) is 16.7 Å². The van der Waals surface area contributed by atoms with Gasteiger partial charge < -0.3 is 18.9 Å². The Bertz CT molecular complexity index is 1240. The maximum atomic E-state index is 13.2. The summed E-state index contributed by atoms with van der Waals surface area (Å²) < 4.78 is 21.2. The standard InChI is InChI=1S/C32H32O6/c1-35-29-19-15-24(21-31(29)37-3)13-17-27(33)26(12-8-11-23-9-6-5-7-10-23)28(34)18-14-25-16-20-30(36-2)32(22-25)38-4/h5-11,13-22,26H,12H2,1-4H3. The quantitative estimate of drug-likeness (QED) is 0.198. The number of ether oxygens (including phenoxy) is 4. The summed E-state index contributed by atoms with van der Waals surface area (Å²) in [5.74, 6) is 0.837. The monoisotopic (exact) mass is 512 g/mol. The van der Waals surface area contributed by atoms with E-state index in [1.54, 1.807) is 64.9 Å². The minimum atomic E-state index is -0.872. The van der Waals surface area contributed by atoms with Gasteiger partial charge in [-0.05, 0) is 59.5 Å². The highest BCUT2D eigenvalue weighted by atomic mass is 16.5. The van der Waals surface area contributed by atoms with Gasteiger partial charge in [0.15, 0.2) is 34.6 Å². The van der Waals surface area contributed by atoms with Crippen molar-refractivity contribution in [3.05, 3.63) is 102 Å². The Balaban J connectivity index is 1.82. The minimum Gasteiger partial charge on any atom is -0.493 e. The van der Waals surface area contributed by atoms with Crippen LogP contribution in [0.1, 0.15) is 23.1 Å². The van der Waals surface area contributed by atoms with E-state index in [2.05, 4.69) is 0 Å². The van der Waals surface area contributed by atoms with Crippen molar-refractivity contribution in [2.75, 3.05) is 28.4 Å². The summed E-state index contributed by atoms with van der Waals surface area (Å²) in [5, 5.41) is 0. The zero-order valence-electron chi connectivity index (χ0n) is 22.0. The second kappa shape index (κ2) is 14.2. The SMILES string of the molecule is COc1ccc(C=CC(=O)C(CC=Cc2ccccc2)C(=O)C=Cc2ccc(OC)c(OC)c2)cc1OC. The second-order valence-electron chi connectivity index (χ2n) is 8.30. The third kappa shape index (κ3) is 7.71. The number of rotatable bonds is 13. The lowest BCUT2D eigenvalue weighted by molar-refractivity contribution is -0.127. The molecule has 0 aliphatic heterocycles. The van der Waals surface area contributed by atoms with Crippen molar-refractivity contribution in [3.63, 3.8) is 0 Å². The van der Waals surface area contributed by atoms with Crippen molar-refractivity contribution in [3.8, 4) is 23.0 Å². The molecule has 0 N–H and O–H groups in total. The van der Waals surface area contributed by atoms with Gasteiger partial charge in [-0.2, -0.15) is 0 Å². The zero-order chi connectivity index (χ0) is 27.3. The van der Waals surface area contributed by atoms with Crippen LogP contribution in [0.15, 0.2) is 85.0 Å². The molecule has 0 radical (unpaired) electrons. The first-order chi connectivity index (χ1) is 18.5. The molecule has 0 aliphatic rings. The van der Waals surface area contributed by atoms with Gasteiger partial charge in [-0.25, -0.2) is 0 Å². The molecule has 0 saturated heterocycles. The molecule has 0 amide bonds. The third-order valence-corrected chi connectivity index (χ3v) is 5.86. The zero-order valence-corrected chi connectivity index (χ0v) is 22.0. The Labute approximate surface area is 223 Å². The summed E-state index contributed by atoms with van der Waals surface area (Å²) in [4.78, 5) is 26.4. The average molecular weight is 513 g/mol. The Kier molecular flexibility index (Phi) is 10.5. The van der Waals surface area contributed by atoms with E-state index >= 15 is 0 Å². The minimum absolute atomic E-state index is 0.263. The van der Waals surface area contributed by atoms with Crippen LogP contribution in [-0.2, 0) is 9.59 Å². The van der Waals surface area contributed by atoms with Crippen molar-refractivity contribution < 1.29 is 28.5 Å². The Hall–Kier alpha value is -4.58. The fourth-order valence-corrected chi connectivity index (χ4v) is 3.78. The first-order valence-electron chi connectivity index (χ1n) is 12.1. The number of allylic oxidation sites excluding steroid dienone is 3. The maximum Gasteiger partial charge on any atom is 0.166 e. The summed E-state index contributed by atoms with van der Waals surface area (Å²) in [7, 11) is 6.22. The van der Waals surface area contributed by atoms with Gasteiger partial charge in [-0.1, -0.05) is 66.8 Å². The van der Waals surface area contributed by atoms with Crippen molar-refractivity contribution >= 4 is 29.8 Å². The van der Waals surface area contributed by atoms with Gasteiger partial charge in [0.1, 0.15) is 0 Å². The predicted octanol–water partition coefficient (Wildman–Crippen LogP) is 6.31. The van der Waals surface area contributed by atoms with E-state index in [4.69, 9.17) is 18.9 Å². The van der Waals surface area contributed by atoms with Crippen molar-refractivity contribution in [1.82, 2.24) is 0 Å². The summed E-state index contributed by atoms with van der Waals surface area (Å²) in [6.45, 7) is 0. The summed E-state index contributed by atoms with van der Waals surface area (Å²) in [5.41, 5.74) is 2.50. The third-order valence-electron chi connectivity index (χ3n) is 5.86. The lowest BCUT2D eigenvalue weighted by Crippen LogP contribution is -2.20. The van der Waals surface area contributed by atoms with Gasteiger partial charge in [0.25, 0.3) is 0 Å². The van der Waals surface area contributed by atoms with Crippen LogP contribution in [0, 0.1) is 5.92 Å². The largest absolute Gasteiger partial charge is 0.493 e. The van der Waals surface area contributed by atoms with Gasteiger partial charge in [0.2, 0.25) is 0 Å². The van der Waals surface area contributed by atoms with E-state index in [0.29, 0.717) is 23.0 Å². The van der Waals surface area contributed by atoms with Crippen LogP contribution in [0.25, 0.3) is 18.2 Å². The fourth-order valence-electron chi connectivity index (χ4n) is 3.78. The van der Waals surface area contributed by atoms with Crippen LogP contribution in [0.2, 0.25) is 0 Å². The van der Waals surface area contributed by atoms with Crippen molar-refractivity contribution in [2.24, 2.45) is 5.92 Å². The normalized spacial score (nSPS) is 12.1. The highest BCUT2D eigenvalue weighted by Crippen LogP contribution is 2.29. The number of hydrogen-bond donors (Lipinski definition) is 0. The molecule has 0 heterocycles. The molecule has 3 aromatic carbocycles. The number of hydrogen-bond acceptors (Lipinski definition) is 6. The number of carbonyl (C=O) groups excluding carboxylic acids is 2. The maximum absolute atomic E-state index is 13.2. The predicted molar refractivity (Wildman–Crippen MR) is 151 cm³/mol. The number of ketones is 2. The van der Waals surface area contributed by atoms with E-state index in [9.17, 15) is 9.59 Å². The highest BCUT2D eigenvalue weighted by Gasteiger charge is 2.21. The molecule has 0 atom stereocenters. The Morgan fingerprint density at radius 3 is 1.53 bits per heavy atom. The molecule has 0 fully saturated rings. The van der Waals surface area contributed by atoms with Crippen LogP contribution >= 0.6 is 0 Å². The number of benzene rings is 3. The molecule has 38 heavy (non-hydrogen) atoms. The smallest absolute Gasteiger partial charge is 0.166 e. The molecular weight excluding hydrogens is 480 g/mol. The van der Waals surface area contributed by atoms with Crippen molar-refractivity contribution in [2.45, 2.75) is 6.42 Å². The van der Waals surface area contributed by atoms with Crippen LogP contribution in [0.4, 0.5) is 0 Å². The molecular formula is C32H32O6. The van der Waals surface area contributed by atoms with E-state index < -0.39 is 5.92 Å². The number of carbonyl (C=O) groups is 2. The summed E-state index contributed by atoms with van der Waals surface area (Å²) in [6, 6.07) is 20.4. The molecule has 0 bridgehead atoms. The first kappa shape index (κ1) is 28.0. The lowest BCUT2D eigenvalue weighted by Gasteiger charge is -2.10. The molecule has 196 valence electrons. The Morgan fingerprint density at radius 2 is 1.08 bits per heavy atom. The van der Waals surface area contributed by atoms with E-state index in [1.807, 2.05) is 54.6 Å². The van der Waals surface area contributed by atoms with Gasteiger partial charge in [0, 0.05) is 0 Å². The average Bonchev–Trinajstić information content (AvgIpc) is 2.96. The molecule has 0 aliphatic carbocycles. The molecule has 3 aromatic rings. The summed E-state index contributed by atoms with van der Waals surface area (Å²) in [6.07, 6.45) is 10.2. The lowest BCUT2D eigenvalue weighted by atomic mass is 9.93.